The van der Waals surface area contributed by atoms with E-state index in [1.54, 1.807) is 12.3 Å². The highest BCUT2D eigenvalue weighted by Crippen LogP contribution is 2.40. The first-order valence-corrected chi connectivity index (χ1v) is 6.94. The number of halogens is 1. The number of aryl methyl sites for hydroxylation is 1. The second-order valence-corrected chi connectivity index (χ2v) is 5.49. The van der Waals surface area contributed by atoms with E-state index in [-0.39, 0.29) is 0 Å². The van der Waals surface area contributed by atoms with Crippen molar-refractivity contribution in [3.8, 4) is 11.4 Å². The lowest BCUT2D eigenvalue weighted by Crippen LogP contribution is -1.99. The molecule has 3 aromatic rings. The maximum atomic E-state index is 5.94. The molecule has 3 heterocycles. The molecule has 0 N–H and O–H groups in total. The van der Waals surface area contributed by atoms with Crippen molar-refractivity contribution < 1.29 is 0 Å². The van der Waals surface area contributed by atoms with Crippen LogP contribution in [0.5, 0.6) is 0 Å². The Morgan fingerprint density at radius 1 is 1.25 bits per heavy atom. The molecule has 0 unspecified atom stereocenters. The number of imidazole rings is 1. The molecule has 6 heteroatoms. The molecule has 0 amide bonds. The Hall–Kier alpha value is -2.01. The Balaban J connectivity index is 2.01. The van der Waals surface area contributed by atoms with E-state index < -0.39 is 0 Å². The third-order valence-corrected chi connectivity index (χ3v) is 3.66. The molecule has 0 spiro atoms. The molecule has 5 nitrogen and oxygen atoms in total. The van der Waals surface area contributed by atoms with E-state index in [1.165, 1.54) is 12.8 Å². The molecule has 1 saturated carbocycles. The molecule has 20 heavy (non-hydrogen) atoms. The number of hydrogen-bond acceptors (Lipinski definition) is 4. The van der Waals surface area contributed by atoms with Gasteiger partial charge in [-0.2, -0.15) is 5.10 Å². The average Bonchev–Trinajstić information content (AvgIpc) is 3.19. The van der Waals surface area contributed by atoms with Crippen molar-refractivity contribution in [1.29, 1.82) is 0 Å². The molecule has 1 aliphatic rings. The quantitative estimate of drug-likeness (QED) is 0.725. The fraction of sp³-hybridized carbons (Fsp3) is 0.286. The van der Waals surface area contributed by atoms with Gasteiger partial charge in [-0.1, -0.05) is 11.6 Å². The Morgan fingerprint density at radius 3 is 2.85 bits per heavy atom. The van der Waals surface area contributed by atoms with E-state index in [0.717, 1.165) is 28.2 Å². The van der Waals surface area contributed by atoms with Gasteiger partial charge in [-0.25, -0.2) is 9.97 Å². The average molecular weight is 286 g/mol. The van der Waals surface area contributed by atoms with Crippen LogP contribution in [0.3, 0.4) is 0 Å². The topological polar surface area (TPSA) is 56.5 Å². The van der Waals surface area contributed by atoms with Crippen molar-refractivity contribution in [3.63, 3.8) is 0 Å². The smallest absolute Gasteiger partial charge is 0.160 e. The van der Waals surface area contributed by atoms with E-state index in [4.69, 9.17) is 16.6 Å². The van der Waals surface area contributed by atoms with Gasteiger partial charge in [0.15, 0.2) is 10.8 Å². The summed E-state index contributed by atoms with van der Waals surface area (Å²) in [7, 11) is 0. The van der Waals surface area contributed by atoms with Crippen molar-refractivity contribution >= 4 is 22.8 Å². The largest absolute Gasteiger partial charge is 0.306 e. The maximum Gasteiger partial charge on any atom is 0.160 e. The number of aromatic nitrogens is 5. The van der Waals surface area contributed by atoms with Gasteiger partial charge in [0.1, 0.15) is 11.3 Å². The predicted octanol–water partition coefficient (Wildman–Crippen LogP) is 3.19. The number of fused-ring (bicyclic) bond motifs is 1. The van der Waals surface area contributed by atoms with Crippen LogP contribution < -0.4 is 0 Å². The Kier molecular flexibility index (Phi) is 2.50. The lowest BCUT2D eigenvalue weighted by atomic mass is 10.3. The lowest BCUT2D eigenvalue weighted by molar-refractivity contribution is 0.764. The second-order valence-electron chi connectivity index (χ2n) is 5.10. The summed E-state index contributed by atoms with van der Waals surface area (Å²) in [6.07, 6.45) is 4.03. The molecule has 0 saturated heterocycles. The van der Waals surface area contributed by atoms with Gasteiger partial charge >= 0.3 is 0 Å². The third kappa shape index (κ3) is 1.86. The van der Waals surface area contributed by atoms with Crippen LogP contribution in [-0.4, -0.2) is 24.7 Å². The molecule has 1 fully saturated rings. The summed E-state index contributed by atoms with van der Waals surface area (Å²) >= 11 is 5.94. The molecule has 0 radical (unpaired) electrons. The summed E-state index contributed by atoms with van der Waals surface area (Å²) in [4.78, 5) is 9.34. The first kappa shape index (κ1) is 11.8. The molecule has 4 rings (SSSR count). The van der Waals surface area contributed by atoms with Crippen LogP contribution in [0.25, 0.3) is 22.6 Å². The summed E-state index contributed by atoms with van der Waals surface area (Å²) < 4.78 is 2.20. The van der Waals surface area contributed by atoms with Crippen LogP contribution in [0.15, 0.2) is 24.4 Å². The van der Waals surface area contributed by atoms with Crippen molar-refractivity contribution in [2.24, 2.45) is 0 Å². The minimum absolute atomic E-state index is 0.376. The first-order valence-electron chi connectivity index (χ1n) is 6.56. The van der Waals surface area contributed by atoms with E-state index in [2.05, 4.69) is 19.7 Å². The van der Waals surface area contributed by atoms with Crippen LogP contribution in [0, 0.1) is 6.92 Å². The highest BCUT2D eigenvalue weighted by atomic mass is 35.5. The monoisotopic (exact) mass is 285 g/mol. The normalized spacial score (nSPS) is 14.9. The van der Waals surface area contributed by atoms with E-state index >= 15 is 0 Å². The second kappa shape index (κ2) is 4.24. The fourth-order valence-electron chi connectivity index (χ4n) is 2.41. The summed E-state index contributed by atoms with van der Waals surface area (Å²) in [6.45, 7) is 1.99. The zero-order chi connectivity index (χ0) is 13.7. The standard InChI is InChI=1S/C14H12ClN5/c1-8-2-5-11-14(17-8)20(10-3-4-10)13(18-11)9-6-12(15)19-16-7-9/h2,5-7,10H,3-4H2,1H3. The van der Waals surface area contributed by atoms with Crippen molar-refractivity contribution in [2.45, 2.75) is 25.8 Å². The lowest BCUT2D eigenvalue weighted by Gasteiger charge is -2.06. The van der Waals surface area contributed by atoms with Crippen LogP contribution >= 0.6 is 11.6 Å². The Bertz CT molecular complexity index is 806. The van der Waals surface area contributed by atoms with E-state index in [0.29, 0.717) is 11.2 Å². The summed E-state index contributed by atoms with van der Waals surface area (Å²) in [5.74, 6) is 0.873. The molecular formula is C14H12ClN5. The molecular weight excluding hydrogens is 274 g/mol. The van der Waals surface area contributed by atoms with Crippen LogP contribution in [0.4, 0.5) is 0 Å². The minimum Gasteiger partial charge on any atom is -0.306 e. The van der Waals surface area contributed by atoms with E-state index in [1.807, 2.05) is 19.1 Å². The SMILES string of the molecule is Cc1ccc2nc(-c3cnnc(Cl)c3)n(C3CC3)c2n1. The molecule has 1 aliphatic carbocycles. The van der Waals surface area contributed by atoms with Gasteiger partial charge in [-0.3, -0.25) is 0 Å². The number of hydrogen-bond donors (Lipinski definition) is 0. The molecule has 0 aliphatic heterocycles. The molecule has 0 bridgehead atoms. The van der Waals surface area contributed by atoms with Gasteiger partial charge in [0.25, 0.3) is 0 Å². The number of rotatable bonds is 2. The molecule has 3 aromatic heterocycles. The fourth-order valence-corrected chi connectivity index (χ4v) is 2.57. The van der Waals surface area contributed by atoms with Crippen LogP contribution in [0.2, 0.25) is 5.15 Å². The summed E-state index contributed by atoms with van der Waals surface area (Å²) in [5, 5.41) is 8.08. The highest BCUT2D eigenvalue weighted by Gasteiger charge is 2.29. The Labute approximate surface area is 120 Å². The number of nitrogens with zero attached hydrogens (tertiary/aromatic N) is 5. The van der Waals surface area contributed by atoms with Crippen molar-refractivity contribution in [1.82, 2.24) is 24.7 Å². The first-order chi connectivity index (χ1) is 9.72. The Morgan fingerprint density at radius 2 is 2.10 bits per heavy atom. The summed E-state index contributed by atoms with van der Waals surface area (Å²) in [6, 6.07) is 6.27. The zero-order valence-corrected chi connectivity index (χ0v) is 11.7. The third-order valence-electron chi connectivity index (χ3n) is 3.47. The predicted molar refractivity (Wildman–Crippen MR) is 76.6 cm³/mol. The molecule has 0 atom stereocenters. The van der Waals surface area contributed by atoms with Crippen LogP contribution in [-0.2, 0) is 0 Å². The summed E-state index contributed by atoms with van der Waals surface area (Å²) in [5.41, 5.74) is 3.73. The van der Waals surface area contributed by atoms with Crippen molar-refractivity contribution in [2.75, 3.05) is 0 Å². The van der Waals surface area contributed by atoms with E-state index in [9.17, 15) is 0 Å². The van der Waals surface area contributed by atoms with Crippen LogP contribution in [0.1, 0.15) is 24.6 Å². The van der Waals surface area contributed by atoms with Crippen molar-refractivity contribution in [3.05, 3.63) is 35.2 Å². The zero-order valence-electron chi connectivity index (χ0n) is 10.9. The molecule has 100 valence electrons. The van der Waals surface area contributed by atoms with Gasteiger partial charge in [0.05, 0.1) is 6.20 Å². The van der Waals surface area contributed by atoms with Gasteiger partial charge in [-0.15, -0.1) is 5.10 Å². The number of pyridine rings is 1. The van der Waals surface area contributed by atoms with Gasteiger partial charge < -0.3 is 4.57 Å². The minimum atomic E-state index is 0.376. The van der Waals surface area contributed by atoms with Gasteiger partial charge in [0.2, 0.25) is 0 Å². The van der Waals surface area contributed by atoms with Gasteiger partial charge in [-0.05, 0) is 38.0 Å². The maximum absolute atomic E-state index is 5.94. The highest BCUT2D eigenvalue weighted by molar-refractivity contribution is 6.29. The van der Waals surface area contributed by atoms with Gasteiger partial charge in [0, 0.05) is 17.3 Å². The molecule has 0 aromatic carbocycles.